The van der Waals surface area contributed by atoms with E-state index in [1.54, 1.807) is 11.3 Å². The van der Waals surface area contributed by atoms with Gasteiger partial charge in [-0.05, 0) is 17.5 Å². The van der Waals surface area contributed by atoms with Gasteiger partial charge in [0.15, 0.2) is 11.2 Å². The van der Waals surface area contributed by atoms with Crippen molar-refractivity contribution >= 4 is 22.6 Å². The molecule has 0 amide bonds. The van der Waals surface area contributed by atoms with E-state index in [1.165, 1.54) is 5.56 Å². The first-order chi connectivity index (χ1) is 10.5. The Labute approximate surface area is 134 Å². The van der Waals surface area contributed by atoms with Crippen LogP contribution in [0.3, 0.4) is 0 Å². The van der Waals surface area contributed by atoms with E-state index >= 15 is 0 Å². The first-order valence-electron chi connectivity index (χ1n) is 7.50. The average Bonchev–Trinajstić information content (AvgIpc) is 3.05. The van der Waals surface area contributed by atoms with Gasteiger partial charge in [-0.15, -0.1) is 11.3 Å². The Morgan fingerprint density at radius 1 is 1.23 bits per heavy atom. The highest BCUT2D eigenvalue weighted by atomic mass is 32.1. The SMILES string of the molecule is CCc1ccc(-c2csc3nc(C(C)(C)C)c(C=O)n23)cc1. The lowest BCUT2D eigenvalue weighted by Gasteiger charge is -2.16. The van der Waals surface area contributed by atoms with Crippen molar-refractivity contribution in [1.82, 2.24) is 9.38 Å². The molecule has 0 atom stereocenters. The number of aromatic nitrogens is 2. The van der Waals surface area contributed by atoms with Crippen LogP contribution in [0.25, 0.3) is 16.2 Å². The standard InChI is InChI=1S/C18H20N2OS/c1-5-12-6-8-13(9-7-12)15-11-22-17-19-16(18(2,3)4)14(10-21)20(15)17/h6-11H,5H2,1-4H3. The minimum absolute atomic E-state index is 0.147. The molecule has 3 nitrogen and oxygen atoms in total. The molecule has 0 fully saturated rings. The number of thiazole rings is 1. The van der Waals surface area contributed by atoms with Gasteiger partial charge < -0.3 is 0 Å². The summed E-state index contributed by atoms with van der Waals surface area (Å²) in [6, 6.07) is 8.51. The molecule has 0 radical (unpaired) electrons. The number of hydrogen-bond donors (Lipinski definition) is 0. The molecule has 0 spiro atoms. The van der Waals surface area contributed by atoms with E-state index in [1.807, 2.05) is 4.40 Å². The molecule has 3 rings (SSSR count). The van der Waals surface area contributed by atoms with Crippen molar-refractivity contribution in [2.45, 2.75) is 39.5 Å². The molecule has 0 saturated carbocycles. The van der Waals surface area contributed by atoms with Crippen LogP contribution in [0, 0.1) is 0 Å². The summed E-state index contributed by atoms with van der Waals surface area (Å²) < 4.78 is 1.99. The van der Waals surface area contributed by atoms with Crippen molar-refractivity contribution in [3.8, 4) is 11.3 Å². The lowest BCUT2D eigenvalue weighted by atomic mass is 9.91. The van der Waals surface area contributed by atoms with Crippen LogP contribution in [0.15, 0.2) is 29.6 Å². The first kappa shape index (κ1) is 15.0. The molecule has 0 saturated heterocycles. The summed E-state index contributed by atoms with van der Waals surface area (Å²) in [5.74, 6) is 0. The fourth-order valence-electron chi connectivity index (χ4n) is 2.65. The van der Waals surface area contributed by atoms with Gasteiger partial charge in [-0.1, -0.05) is 52.0 Å². The molecule has 1 aromatic carbocycles. The maximum Gasteiger partial charge on any atom is 0.195 e. The third kappa shape index (κ3) is 2.37. The fourth-order valence-corrected chi connectivity index (χ4v) is 3.56. The Kier molecular flexibility index (Phi) is 3.65. The number of rotatable bonds is 3. The van der Waals surface area contributed by atoms with E-state index in [0.717, 1.165) is 34.6 Å². The van der Waals surface area contributed by atoms with Crippen LogP contribution in [-0.4, -0.2) is 15.7 Å². The van der Waals surface area contributed by atoms with Crippen molar-refractivity contribution in [3.05, 3.63) is 46.6 Å². The lowest BCUT2D eigenvalue weighted by Crippen LogP contribution is -2.14. The van der Waals surface area contributed by atoms with Crippen molar-refractivity contribution in [2.24, 2.45) is 0 Å². The lowest BCUT2D eigenvalue weighted by molar-refractivity contribution is 0.111. The highest BCUT2D eigenvalue weighted by Crippen LogP contribution is 2.32. The zero-order valence-corrected chi connectivity index (χ0v) is 14.2. The van der Waals surface area contributed by atoms with Crippen LogP contribution in [-0.2, 0) is 11.8 Å². The van der Waals surface area contributed by atoms with Crippen LogP contribution in [0.4, 0.5) is 0 Å². The van der Waals surface area contributed by atoms with Gasteiger partial charge >= 0.3 is 0 Å². The van der Waals surface area contributed by atoms with Crippen LogP contribution in [0.5, 0.6) is 0 Å². The van der Waals surface area contributed by atoms with E-state index in [-0.39, 0.29) is 5.41 Å². The van der Waals surface area contributed by atoms with Crippen molar-refractivity contribution in [3.63, 3.8) is 0 Å². The van der Waals surface area contributed by atoms with Gasteiger partial charge in [0, 0.05) is 10.8 Å². The molecule has 114 valence electrons. The summed E-state index contributed by atoms with van der Waals surface area (Å²) in [5.41, 5.74) is 4.84. The minimum Gasteiger partial charge on any atom is -0.296 e. The Hall–Kier alpha value is -1.94. The maximum absolute atomic E-state index is 11.7. The van der Waals surface area contributed by atoms with E-state index < -0.39 is 0 Å². The summed E-state index contributed by atoms with van der Waals surface area (Å²) in [6.07, 6.45) is 1.95. The number of carbonyl (C=O) groups is 1. The maximum atomic E-state index is 11.7. The third-order valence-electron chi connectivity index (χ3n) is 3.88. The summed E-state index contributed by atoms with van der Waals surface area (Å²) in [4.78, 5) is 17.2. The zero-order valence-electron chi connectivity index (χ0n) is 13.4. The second-order valence-electron chi connectivity index (χ2n) is 6.50. The van der Waals surface area contributed by atoms with Gasteiger partial charge in [0.1, 0.15) is 5.69 Å². The van der Waals surface area contributed by atoms with Crippen LogP contribution >= 0.6 is 11.3 Å². The normalized spacial score (nSPS) is 12.0. The van der Waals surface area contributed by atoms with Crippen LogP contribution < -0.4 is 0 Å². The number of fused-ring (bicyclic) bond motifs is 1. The number of carbonyl (C=O) groups excluding carboxylic acids is 1. The van der Waals surface area contributed by atoms with Crippen LogP contribution in [0.2, 0.25) is 0 Å². The summed E-state index contributed by atoms with van der Waals surface area (Å²) in [6.45, 7) is 8.40. The molecule has 0 N–H and O–H groups in total. The molecule has 2 aromatic heterocycles. The van der Waals surface area contributed by atoms with E-state index in [4.69, 9.17) is 0 Å². The minimum atomic E-state index is -0.147. The number of hydrogen-bond acceptors (Lipinski definition) is 3. The molecule has 22 heavy (non-hydrogen) atoms. The number of nitrogens with zero attached hydrogens (tertiary/aromatic N) is 2. The Morgan fingerprint density at radius 3 is 2.45 bits per heavy atom. The highest BCUT2D eigenvalue weighted by molar-refractivity contribution is 7.15. The molecule has 0 unspecified atom stereocenters. The van der Waals surface area contributed by atoms with Crippen LogP contribution in [0.1, 0.15) is 49.4 Å². The van der Waals surface area contributed by atoms with Crippen molar-refractivity contribution < 1.29 is 4.79 Å². The number of aryl methyl sites for hydroxylation is 1. The number of benzene rings is 1. The van der Waals surface area contributed by atoms with Gasteiger partial charge in [-0.25, -0.2) is 4.98 Å². The summed E-state index contributed by atoms with van der Waals surface area (Å²) in [5, 5.41) is 2.07. The van der Waals surface area contributed by atoms with E-state index in [9.17, 15) is 4.79 Å². The van der Waals surface area contributed by atoms with E-state index in [2.05, 4.69) is 62.3 Å². The first-order valence-corrected chi connectivity index (χ1v) is 8.38. The molecule has 0 aliphatic heterocycles. The second kappa shape index (κ2) is 5.36. The Morgan fingerprint density at radius 2 is 1.91 bits per heavy atom. The topological polar surface area (TPSA) is 34.4 Å². The molecule has 3 aromatic rings. The molecule has 4 heteroatoms. The largest absolute Gasteiger partial charge is 0.296 e. The Bertz CT molecular complexity index is 819. The molecular formula is C18H20N2OS. The van der Waals surface area contributed by atoms with Gasteiger partial charge in [-0.3, -0.25) is 9.20 Å². The zero-order chi connectivity index (χ0) is 15.9. The monoisotopic (exact) mass is 312 g/mol. The molecular weight excluding hydrogens is 292 g/mol. The van der Waals surface area contributed by atoms with Gasteiger partial charge in [0.2, 0.25) is 0 Å². The fraction of sp³-hybridized carbons (Fsp3) is 0.333. The predicted octanol–water partition coefficient (Wildman–Crippen LogP) is 4.74. The number of imidazole rings is 1. The van der Waals surface area contributed by atoms with Gasteiger partial charge in [0.05, 0.1) is 11.4 Å². The van der Waals surface area contributed by atoms with Crippen molar-refractivity contribution in [1.29, 1.82) is 0 Å². The molecule has 0 aliphatic carbocycles. The van der Waals surface area contributed by atoms with Gasteiger partial charge in [0.25, 0.3) is 0 Å². The average molecular weight is 312 g/mol. The molecule has 2 heterocycles. The van der Waals surface area contributed by atoms with Gasteiger partial charge in [-0.2, -0.15) is 0 Å². The predicted molar refractivity (Wildman–Crippen MR) is 92.0 cm³/mol. The number of aldehydes is 1. The second-order valence-corrected chi connectivity index (χ2v) is 7.34. The highest BCUT2D eigenvalue weighted by Gasteiger charge is 2.25. The third-order valence-corrected chi connectivity index (χ3v) is 4.70. The quantitative estimate of drug-likeness (QED) is 0.655. The van der Waals surface area contributed by atoms with Crippen molar-refractivity contribution in [2.75, 3.05) is 0 Å². The Balaban J connectivity index is 2.22. The molecule has 0 bridgehead atoms. The smallest absolute Gasteiger partial charge is 0.195 e. The summed E-state index contributed by atoms with van der Waals surface area (Å²) in [7, 11) is 0. The summed E-state index contributed by atoms with van der Waals surface area (Å²) >= 11 is 1.58. The van der Waals surface area contributed by atoms with E-state index in [0.29, 0.717) is 5.69 Å². The molecule has 0 aliphatic rings.